The Morgan fingerprint density at radius 3 is 2.25 bits per heavy atom. The van der Waals surface area contributed by atoms with Crippen LogP contribution in [-0.4, -0.2) is 42.9 Å². The van der Waals surface area contributed by atoms with Gasteiger partial charge in [-0.25, -0.2) is 4.39 Å². The summed E-state index contributed by atoms with van der Waals surface area (Å²) in [6, 6.07) is 12.7. The van der Waals surface area contributed by atoms with Crippen LogP contribution in [0.3, 0.4) is 0 Å². The minimum Gasteiger partial charge on any atom is -0.341 e. The highest BCUT2D eigenvalue weighted by Crippen LogP contribution is 2.39. The monoisotopic (exact) mass is 510 g/mol. The van der Waals surface area contributed by atoms with Crippen molar-refractivity contribution in [2.75, 3.05) is 27.2 Å². The molecule has 0 N–H and O–H groups in total. The molecule has 2 aromatic carbocycles. The first-order valence-corrected chi connectivity index (χ1v) is 11.0. The Kier molecular flexibility index (Phi) is 6.94. The van der Waals surface area contributed by atoms with Crippen LogP contribution in [0.15, 0.2) is 51.4 Å². The highest BCUT2D eigenvalue weighted by Gasteiger charge is 2.38. The number of carbonyl (C=O) groups excluding carboxylic acids is 1. The summed E-state index contributed by atoms with van der Waals surface area (Å²) in [6.07, 6.45) is 2.24. The van der Waals surface area contributed by atoms with Gasteiger partial charge < -0.3 is 9.80 Å². The number of amides is 1. The predicted octanol–water partition coefficient (Wildman–Crippen LogP) is 5.36. The maximum Gasteiger partial charge on any atom is 0.223 e. The van der Waals surface area contributed by atoms with E-state index in [2.05, 4.69) is 43.8 Å². The number of piperidine rings is 1. The van der Waals surface area contributed by atoms with Gasteiger partial charge in [0.15, 0.2) is 0 Å². The molecule has 0 aromatic heterocycles. The lowest BCUT2D eigenvalue weighted by Gasteiger charge is -2.41. The largest absolute Gasteiger partial charge is 0.341 e. The number of hydrogen-bond donors (Lipinski definition) is 0. The molecule has 0 spiro atoms. The molecule has 1 fully saturated rings. The molecule has 28 heavy (non-hydrogen) atoms. The summed E-state index contributed by atoms with van der Waals surface area (Å²) in [7, 11) is 3.96. The van der Waals surface area contributed by atoms with E-state index in [-0.39, 0.29) is 17.1 Å². The van der Waals surface area contributed by atoms with Gasteiger partial charge in [-0.15, -0.1) is 0 Å². The second-order valence-corrected chi connectivity index (χ2v) is 9.63. The molecule has 1 saturated heterocycles. The number of halogens is 3. The van der Waals surface area contributed by atoms with Crippen LogP contribution in [0.4, 0.5) is 4.39 Å². The zero-order valence-corrected chi connectivity index (χ0v) is 19.4. The van der Waals surface area contributed by atoms with Gasteiger partial charge in [0.05, 0.1) is 0 Å². The van der Waals surface area contributed by atoms with Gasteiger partial charge in [-0.1, -0.05) is 44.0 Å². The van der Waals surface area contributed by atoms with E-state index >= 15 is 0 Å². The highest BCUT2D eigenvalue weighted by molar-refractivity contribution is 9.11. The van der Waals surface area contributed by atoms with E-state index in [0.29, 0.717) is 13.0 Å². The lowest BCUT2D eigenvalue weighted by Crippen LogP contribution is -2.44. The third-order valence-electron chi connectivity index (χ3n) is 5.66. The molecule has 0 aliphatic carbocycles. The molecule has 0 unspecified atom stereocenters. The summed E-state index contributed by atoms with van der Waals surface area (Å²) in [4.78, 5) is 17.2. The summed E-state index contributed by atoms with van der Waals surface area (Å²) < 4.78 is 15.4. The van der Waals surface area contributed by atoms with Crippen molar-refractivity contribution in [3.05, 3.63) is 68.4 Å². The molecule has 1 aliphatic heterocycles. The van der Waals surface area contributed by atoms with E-state index in [0.717, 1.165) is 46.0 Å². The van der Waals surface area contributed by atoms with Crippen molar-refractivity contribution in [2.45, 2.75) is 31.2 Å². The fourth-order valence-electron chi connectivity index (χ4n) is 3.91. The second kappa shape index (κ2) is 9.06. The Morgan fingerprint density at radius 2 is 1.68 bits per heavy atom. The number of hydrogen-bond acceptors (Lipinski definition) is 2. The standard InChI is InChI=1S/C22H25Br2FN2O/c1-26-9-7-22(8-10-26,17-3-5-20(25)6-4-17)14-21(28)27(2)15-16-11-18(23)13-19(24)12-16/h3-6,11-13H,7-10,14-15H2,1-2H3. The first-order chi connectivity index (χ1) is 13.3. The smallest absolute Gasteiger partial charge is 0.223 e. The zero-order chi connectivity index (χ0) is 20.3. The molecule has 150 valence electrons. The summed E-state index contributed by atoms with van der Waals surface area (Å²) in [5, 5.41) is 0. The van der Waals surface area contributed by atoms with Crippen molar-refractivity contribution in [3.8, 4) is 0 Å². The van der Waals surface area contributed by atoms with E-state index in [4.69, 9.17) is 0 Å². The van der Waals surface area contributed by atoms with Crippen molar-refractivity contribution in [2.24, 2.45) is 0 Å². The van der Waals surface area contributed by atoms with E-state index in [1.165, 1.54) is 12.1 Å². The first-order valence-electron chi connectivity index (χ1n) is 9.41. The average molecular weight is 512 g/mol. The Balaban J connectivity index is 1.78. The topological polar surface area (TPSA) is 23.6 Å². The van der Waals surface area contributed by atoms with Crippen molar-refractivity contribution in [1.29, 1.82) is 0 Å². The molecule has 3 nitrogen and oxygen atoms in total. The van der Waals surface area contributed by atoms with Gasteiger partial charge >= 0.3 is 0 Å². The van der Waals surface area contributed by atoms with Crippen molar-refractivity contribution in [3.63, 3.8) is 0 Å². The van der Waals surface area contributed by atoms with Crippen LogP contribution in [0, 0.1) is 5.82 Å². The minimum absolute atomic E-state index is 0.116. The predicted molar refractivity (Wildman–Crippen MR) is 118 cm³/mol. The molecular formula is C22H25Br2FN2O. The van der Waals surface area contributed by atoms with Gasteiger partial charge in [0.2, 0.25) is 5.91 Å². The van der Waals surface area contributed by atoms with E-state index in [1.54, 1.807) is 4.90 Å². The van der Waals surface area contributed by atoms with Gasteiger partial charge in [0, 0.05) is 34.4 Å². The molecule has 0 bridgehead atoms. The molecule has 2 aromatic rings. The average Bonchev–Trinajstić information content (AvgIpc) is 2.63. The van der Waals surface area contributed by atoms with Crippen molar-refractivity contribution >= 4 is 37.8 Å². The van der Waals surface area contributed by atoms with Gasteiger partial charge in [0.25, 0.3) is 0 Å². The maximum absolute atomic E-state index is 13.4. The Bertz CT molecular complexity index is 813. The third kappa shape index (κ3) is 5.22. The van der Waals surface area contributed by atoms with Gasteiger partial charge in [-0.05, 0) is 74.4 Å². The maximum atomic E-state index is 13.4. The third-order valence-corrected chi connectivity index (χ3v) is 6.57. The number of rotatable bonds is 5. The summed E-state index contributed by atoms with van der Waals surface area (Å²) in [6.45, 7) is 2.43. The number of nitrogens with zero attached hydrogens (tertiary/aromatic N) is 2. The van der Waals surface area contributed by atoms with Gasteiger partial charge in [-0.3, -0.25) is 4.79 Å². The fraction of sp³-hybridized carbons (Fsp3) is 0.409. The van der Waals surface area contributed by atoms with Crippen LogP contribution in [-0.2, 0) is 16.8 Å². The summed E-state index contributed by atoms with van der Waals surface area (Å²) in [5.74, 6) is -0.125. The van der Waals surface area contributed by atoms with Crippen molar-refractivity contribution in [1.82, 2.24) is 9.80 Å². The summed E-state index contributed by atoms with van der Waals surface area (Å²) >= 11 is 7.00. The van der Waals surface area contributed by atoms with Crippen LogP contribution >= 0.6 is 31.9 Å². The Hall–Kier alpha value is -1.24. The molecule has 1 heterocycles. The summed E-state index contributed by atoms with van der Waals surface area (Å²) in [5.41, 5.74) is 1.90. The zero-order valence-electron chi connectivity index (χ0n) is 16.2. The number of likely N-dealkylation sites (tertiary alicyclic amines) is 1. The molecule has 0 atom stereocenters. The molecule has 0 saturated carbocycles. The van der Waals surface area contributed by atoms with Crippen LogP contribution < -0.4 is 0 Å². The first kappa shape index (κ1) is 21.5. The van der Waals surface area contributed by atoms with Crippen LogP contribution in [0.2, 0.25) is 0 Å². The lowest BCUT2D eigenvalue weighted by molar-refractivity contribution is -0.132. The van der Waals surface area contributed by atoms with Crippen LogP contribution in [0.5, 0.6) is 0 Å². The highest BCUT2D eigenvalue weighted by atomic mass is 79.9. The lowest BCUT2D eigenvalue weighted by atomic mass is 9.70. The Morgan fingerprint density at radius 1 is 1.11 bits per heavy atom. The second-order valence-electron chi connectivity index (χ2n) is 7.79. The minimum atomic E-state index is -0.240. The molecule has 1 aliphatic rings. The molecular weight excluding hydrogens is 487 g/mol. The van der Waals surface area contributed by atoms with E-state index in [1.807, 2.05) is 37.4 Å². The molecule has 6 heteroatoms. The molecule has 1 amide bonds. The SMILES string of the molecule is CN1CCC(CC(=O)N(C)Cc2cc(Br)cc(Br)c2)(c2ccc(F)cc2)CC1. The van der Waals surface area contributed by atoms with Gasteiger partial charge in [0.1, 0.15) is 5.82 Å². The van der Waals surface area contributed by atoms with E-state index in [9.17, 15) is 9.18 Å². The quantitative estimate of drug-likeness (QED) is 0.539. The normalized spacial score (nSPS) is 16.8. The Labute approximate surface area is 183 Å². The van der Waals surface area contributed by atoms with Crippen molar-refractivity contribution < 1.29 is 9.18 Å². The molecule has 0 radical (unpaired) electrons. The van der Waals surface area contributed by atoms with Gasteiger partial charge in [-0.2, -0.15) is 0 Å². The fourth-order valence-corrected chi connectivity index (χ4v) is 5.29. The number of benzene rings is 2. The number of carbonyl (C=O) groups is 1. The van der Waals surface area contributed by atoms with Crippen LogP contribution in [0.1, 0.15) is 30.4 Å². The molecule has 3 rings (SSSR count). The van der Waals surface area contributed by atoms with E-state index < -0.39 is 0 Å². The van der Waals surface area contributed by atoms with Crippen LogP contribution in [0.25, 0.3) is 0 Å².